The number of thioether (sulfide) groups is 1. The van der Waals surface area contributed by atoms with E-state index in [1.54, 1.807) is 33.7 Å². The van der Waals surface area contributed by atoms with Gasteiger partial charge in [-0.1, -0.05) is 41.0 Å². The van der Waals surface area contributed by atoms with Gasteiger partial charge in [-0.15, -0.1) is 26.6 Å². The van der Waals surface area contributed by atoms with Crippen molar-refractivity contribution in [2.75, 3.05) is 0 Å². The number of aryl methyl sites for hydroxylation is 1. The van der Waals surface area contributed by atoms with Crippen LogP contribution in [-0.2, 0) is 23.5 Å². The summed E-state index contributed by atoms with van der Waals surface area (Å²) in [5, 5.41) is 16.7. The fraction of sp³-hybridized carbons (Fsp3) is 0.333. The lowest BCUT2D eigenvalue weighted by Gasteiger charge is -2.30. The van der Waals surface area contributed by atoms with Crippen LogP contribution in [0.5, 0.6) is 0 Å². The first kappa shape index (κ1) is 20.7. The van der Waals surface area contributed by atoms with E-state index >= 15 is 0 Å². The van der Waals surface area contributed by atoms with Gasteiger partial charge in [0.15, 0.2) is 10.8 Å². The van der Waals surface area contributed by atoms with E-state index < -0.39 is 0 Å². The van der Waals surface area contributed by atoms with Gasteiger partial charge in [0.1, 0.15) is 10.7 Å². The normalized spacial score (nSPS) is 15.8. The Balaban J connectivity index is 1.56. The summed E-state index contributed by atoms with van der Waals surface area (Å²) in [6.07, 6.45) is 0.820. The average molecular weight is 505 g/mol. The number of benzene rings is 1. The SMILES string of the molecule is Cc1nc2c3c4c(sc3n3c(SCc5ccc(Cl)cc5Cl)nnc3n2n1)COC(C)(C)C4. The van der Waals surface area contributed by atoms with E-state index in [0.717, 1.165) is 33.0 Å². The Morgan fingerprint density at radius 1 is 1.25 bits per heavy atom. The molecule has 0 bridgehead atoms. The van der Waals surface area contributed by atoms with E-state index in [-0.39, 0.29) is 5.60 Å². The Labute approximate surface area is 201 Å². The van der Waals surface area contributed by atoms with E-state index in [0.29, 0.717) is 34.0 Å². The van der Waals surface area contributed by atoms with E-state index in [4.69, 9.17) is 32.9 Å². The van der Waals surface area contributed by atoms with Crippen LogP contribution < -0.4 is 0 Å². The molecule has 11 heteroatoms. The van der Waals surface area contributed by atoms with Gasteiger partial charge in [-0.05, 0) is 44.0 Å². The largest absolute Gasteiger partial charge is 0.370 e. The highest BCUT2D eigenvalue weighted by atomic mass is 35.5. The first-order valence-electron chi connectivity index (χ1n) is 10.1. The smallest absolute Gasteiger partial charge is 0.260 e. The molecule has 0 N–H and O–H groups in total. The summed E-state index contributed by atoms with van der Waals surface area (Å²) in [5.74, 6) is 2.00. The molecule has 1 aliphatic heterocycles. The molecule has 0 saturated heterocycles. The van der Waals surface area contributed by atoms with Crippen LogP contribution in [0.2, 0.25) is 10.0 Å². The minimum absolute atomic E-state index is 0.224. The molecule has 0 unspecified atom stereocenters. The van der Waals surface area contributed by atoms with Gasteiger partial charge in [0.2, 0.25) is 0 Å². The molecular weight excluding hydrogens is 487 g/mol. The van der Waals surface area contributed by atoms with E-state index in [1.165, 1.54) is 10.4 Å². The van der Waals surface area contributed by atoms with Gasteiger partial charge in [0, 0.05) is 27.1 Å². The molecule has 0 fully saturated rings. The molecule has 1 aliphatic rings. The quantitative estimate of drug-likeness (QED) is 0.291. The molecule has 7 nitrogen and oxygen atoms in total. The van der Waals surface area contributed by atoms with Gasteiger partial charge in [0.25, 0.3) is 5.78 Å². The van der Waals surface area contributed by atoms with Gasteiger partial charge < -0.3 is 4.74 Å². The van der Waals surface area contributed by atoms with Crippen molar-refractivity contribution in [2.45, 2.75) is 50.3 Å². The summed E-state index contributed by atoms with van der Waals surface area (Å²) in [6.45, 7) is 6.74. The molecule has 0 saturated carbocycles. The van der Waals surface area contributed by atoms with Crippen LogP contribution in [0.1, 0.15) is 35.7 Å². The molecule has 5 aromatic rings. The van der Waals surface area contributed by atoms with Crippen molar-refractivity contribution >= 4 is 67.9 Å². The first-order chi connectivity index (χ1) is 15.3. The number of ether oxygens (including phenoxy) is 1. The monoisotopic (exact) mass is 504 g/mol. The standard InChI is InChI=1S/C21H18Cl2N6OS2/c1-10-24-17-16-13-7-21(2,3)30-8-15(13)32-18(16)28-19(29(17)27-10)25-26-20(28)31-9-11-4-5-12(22)6-14(11)23/h4-6H,7-9H2,1-3H3. The van der Waals surface area contributed by atoms with Crippen molar-refractivity contribution in [3.05, 3.63) is 50.1 Å². The third-order valence-electron chi connectivity index (χ3n) is 5.59. The summed E-state index contributed by atoms with van der Waals surface area (Å²) < 4.78 is 9.98. The van der Waals surface area contributed by atoms with Crippen molar-refractivity contribution in [3.8, 4) is 0 Å². The van der Waals surface area contributed by atoms with Crippen LogP contribution >= 0.6 is 46.3 Å². The predicted octanol–water partition coefficient (Wildman–Crippen LogP) is 5.75. The number of hydrogen-bond acceptors (Lipinski definition) is 7. The molecule has 0 atom stereocenters. The highest BCUT2D eigenvalue weighted by Gasteiger charge is 2.32. The van der Waals surface area contributed by atoms with Gasteiger partial charge >= 0.3 is 0 Å². The van der Waals surface area contributed by atoms with Gasteiger partial charge in [-0.3, -0.25) is 0 Å². The van der Waals surface area contributed by atoms with Crippen LogP contribution in [0.15, 0.2) is 23.4 Å². The van der Waals surface area contributed by atoms with Gasteiger partial charge in [-0.25, -0.2) is 9.38 Å². The lowest BCUT2D eigenvalue weighted by molar-refractivity contribution is -0.0379. The summed E-state index contributed by atoms with van der Waals surface area (Å²) in [5.41, 5.74) is 2.88. The lowest BCUT2D eigenvalue weighted by atomic mass is 9.94. The molecule has 5 heterocycles. The number of rotatable bonds is 3. The van der Waals surface area contributed by atoms with Crippen molar-refractivity contribution in [1.29, 1.82) is 0 Å². The molecule has 32 heavy (non-hydrogen) atoms. The van der Waals surface area contributed by atoms with Crippen LogP contribution in [0, 0.1) is 6.92 Å². The lowest BCUT2D eigenvalue weighted by Crippen LogP contribution is -2.31. The minimum atomic E-state index is -0.224. The number of halogens is 2. The first-order valence-corrected chi connectivity index (χ1v) is 12.6. The Morgan fingerprint density at radius 2 is 2.09 bits per heavy atom. The topological polar surface area (TPSA) is 69.6 Å². The minimum Gasteiger partial charge on any atom is -0.370 e. The zero-order valence-electron chi connectivity index (χ0n) is 17.5. The number of aromatic nitrogens is 6. The Kier molecular flexibility index (Phi) is 4.71. The zero-order chi connectivity index (χ0) is 22.2. The third kappa shape index (κ3) is 3.21. The number of nitrogens with zero attached hydrogens (tertiary/aromatic N) is 6. The zero-order valence-corrected chi connectivity index (χ0v) is 20.7. The summed E-state index contributed by atoms with van der Waals surface area (Å²) in [4.78, 5) is 7.03. The fourth-order valence-corrected chi connectivity index (χ4v) is 6.87. The molecule has 164 valence electrons. The number of hydrogen-bond donors (Lipinski definition) is 0. The fourth-order valence-electron chi connectivity index (χ4n) is 4.10. The Bertz CT molecular complexity index is 1540. The van der Waals surface area contributed by atoms with Gasteiger partial charge in [-0.2, -0.15) is 4.52 Å². The Morgan fingerprint density at radius 3 is 2.91 bits per heavy atom. The van der Waals surface area contributed by atoms with Crippen molar-refractivity contribution < 1.29 is 4.74 Å². The number of thiophene rings is 1. The highest BCUT2D eigenvalue weighted by molar-refractivity contribution is 7.98. The molecule has 0 radical (unpaired) electrons. The van der Waals surface area contributed by atoms with E-state index in [1.807, 2.05) is 19.1 Å². The van der Waals surface area contributed by atoms with Crippen molar-refractivity contribution in [3.63, 3.8) is 0 Å². The van der Waals surface area contributed by atoms with Crippen LogP contribution in [0.25, 0.3) is 21.6 Å². The molecule has 1 aromatic carbocycles. The Hall–Kier alpha value is -1.91. The second kappa shape index (κ2) is 7.30. The predicted molar refractivity (Wildman–Crippen MR) is 128 cm³/mol. The highest BCUT2D eigenvalue weighted by Crippen LogP contribution is 2.42. The van der Waals surface area contributed by atoms with Crippen molar-refractivity contribution in [1.82, 2.24) is 29.2 Å². The molecule has 0 spiro atoms. The van der Waals surface area contributed by atoms with Crippen LogP contribution in [-0.4, -0.2) is 34.8 Å². The summed E-state index contributed by atoms with van der Waals surface area (Å²) in [7, 11) is 0. The molecule has 4 aromatic heterocycles. The van der Waals surface area contributed by atoms with Crippen molar-refractivity contribution in [2.24, 2.45) is 0 Å². The van der Waals surface area contributed by atoms with Crippen LogP contribution in [0.3, 0.4) is 0 Å². The summed E-state index contributed by atoms with van der Waals surface area (Å²) >= 11 is 15.7. The van der Waals surface area contributed by atoms with Crippen LogP contribution in [0.4, 0.5) is 0 Å². The second-order valence-corrected chi connectivity index (χ2v) is 11.3. The maximum Gasteiger partial charge on any atom is 0.260 e. The third-order valence-corrected chi connectivity index (χ3v) is 8.34. The van der Waals surface area contributed by atoms with Gasteiger partial charge in [0.05, 0.1) is 17.6 Å². The van der Waals surface area contributed by atoms with E-state index in [9.17, 15) is 0 Å². The summed E-state index contributed by atoms with van der Waals surface area (Å²) in [6, 6.07) is 5.55. The second-order valence-electron chi connectivity index (χ2n) is 8.45. The molecule has 6 rings (SSSR count). The van der Waals surface area contributed by atoms with E-state index in [2.05, 4.69) is 33.5 Å². The maximum atomic E-state index is 6.38. The average Bonchev–Trinajstić information content (AvgIpc) is 3.40. The molecular formula is C21H18Cl2N6OS2. The maximum absolute atomic E-state index is 6.38. The molecule has 0 amide bonds. The molecule has 0 aliphatic carbocycles. The number of fused-ring (bicyclic) bond motifs is 8.